The molecule has 6 heterocycles. The van der Waals surface area contributed by atoms with E-state index in [2.05, 4.69) is 18.9 Å². The van der Waals surface area contributed by atoms with Crippen LogP contribution in [0.25, 0.3) is 0 Å². The van der Waals surface area contributed by atoms with Crippen molar-refractivity contribution >= 4 is 159 Å². The van der Waals surface area contributed by atoms with Gasteiger partial charge in [0.15, 0.2) is 0 Å². The number of carbonyl (C=O) groups excluding carboxylic acids is 10. The van der Waals surface area contributed by atoms with Crippen LogP contribution in [0.1, 0.15) is 55.4 Å². The zero-order chi connectivity index (χ0) is 79.4. The van der Waals surface area contributed by atoms with Crippen molar-refractivity contribution in [3.8, 4) is 0 Å². The van der Waals surface area contributed by atoms with Gasteiger partial charge in [-0.3, -0.25) is 38.4 Å². The second-order valence-corrected chi connectivity index (χ2v) is 35.5. The van der Waals surface area contributed by atoms with Crippen molar-refractivity contribution in [1.82, 2.24) is 0 Å². The molecule has 0 aliphatic carbocycles. The first-order valence-electron chi connectivity index (χ1n) is 32.5. The van der Waals surface area contributed by atoms with E-state index in [9.17, 15) is 67.7 Å². The van der Waals surface area contributed by atoms with Gasteiger partial charge in [-0.15, -0.1) is 0 Å². The molecule has 0 aromatic carbocycles. The Morgan fingerprint density at radius 3 is 0.830 bits per heavy atom. The molecule has 6 saturated heterocycles. The molecule has 0 aromatic rings. The maximum absolute atomic E-state index is 12.5. The number of hydrogen-bond acceptors (Lipinski definition) is 42. The summed E-state index contributed by atoms with van der Waals surface area (Å²) in [5, 5.41) is 53.2. The van der Waals surface area contributed by atoms with Crippen molar-refractivity contribution in [3.05, 3.63) is 0 Å². The number of aliphatic hydroxyl groups is 4. The van der Waals surface area contributed by atoms with Crippen LogP contribution >= 0.6 is 86.4 Å². The van der Waals surface area contributed by atoms with Crippen molar-refractivity contribution in [3.63, 3.8) is 0 Å². The van der Waals surface area contributed by atoms with Gasteiger partial charge in [-0.1, -0.05) is 86.4 Å². The average molecular weight is 1680 g/mol. The third-order valence-corrected chi connectivity index (χ3v) is 26.4. The molecule has 0 aromatic heterocycles. The second kappa shape index (κ2) is 51.0. The van der Waals surface area contributed by atoms with Crippen molar-refractivity contribution in [1.29, 1.82) is 0 Å². The van der Waals surface area contributed by atoms with E-state index in [-0.39, 0.29) is 137 Å². The Hall–Kier alpha value is -4.68. The number of carbonyl (C=O) groups is 12. The van der Waals surface area contributed by atoms with Gasteiger partial charge in [0.1, 0.15) is 114 Å². The van der Waals surface area contributed by atoms with Crippen molar-refractivity contribution in [2.45, 2.75) is 55.4 Å². The van der Waals surface area contributed by atoms with Crippen LogP contribution in [0, 0.1) is 43.3 Å². The van der Waals surface area contributed by atoms with Gasteiger partial charge in [0.25, 0.3) is 0 Å². The van der Waals surface area contributed by atoms with Gasteiger partial charge in [0, 0.05) is 46.0 Å². The van der Waals surface area contributed by atoms with Crippen LogP contribution in [0.15, 0.2) is 0 Å². The van der Waals surface area contributed by atoms with Crippen LogP contribution in [0.5, 0.6) is 0 Å². The van der Waals surface area contributed by atoms with E-state index in [0.29, 0.717) is 49.4 Å². The summed E-state index contributed by atoms with van der Waals surface area (Å²) >= 11 is 0. The van der Waals surface area contributed by atoms with Crippen LogP contribution in [0.4, 0.5) is 19.2 Å². The lowest BCUT2D eigenvalue weighted by Gasteiger charge is -2.29. The molecule has 610 valence electrons. The summed E-state index contributed by atoms with van der Waals surface area (Å²) in [4.78, 5) is 139. The molecule has 2 unspecified atom stereocenters. The van der Waals surface area contributed by atoms with Crippen molar-refractivity contribution in [2.75, 3.05) is 218 Å². The SMILES string of the molecule is CC(CO)(COC(=O)OCCOCCOCCOC(=O)OCC(C)(CO)C(=O)OCCOC(=O)C1(C)CSSC1)C(=O)OCCOC(=O)C1(C)CSSC1.CC1(C(=O)O)COC(=O)OC1.CC1(C(=O)O)CSSC1.CC1(C(=O)OCCOC(=O)C2(C)CSSC2)COC(=O)OC1.OCCOCCOCCO. The summed E-state index contributed by atoms with van der Waals surface area (Å²) in [5.74, 6) is 0.496. The molecule has 2 atom stereocenters. The molecule has 6 aliphatic rings. The fraction of sp³-hybridized carbons (Fsp3) is 0.806. The Bertz CT molecular complexity index is 2630. The molecule has 0 amide bonds. The molecule has 6 aliphatic heterocycles. The molecular formula is C62H98O36S8. The number of carboxylic acid groups (broad SMARTS) is 2. The van der Waals surface area contributed by atoms with E-state index in [0.717, 1.165) is 23.0 Å². The molecule has 0 radical (unpaired) electrons. The van der Waals surface area contributed by atoms with Gasteiger partial charge in [-0.2, -0.15) is 0 Å². The fourth-order valence-electron chi connectivity index (χ4n) is 7.15. The summed E-state index contributed by atoms with van der Waals surface area (Å²) in [6, 6.07) is 0. The molecule has 106 heavy (non-hydrogen) atoms. The average Bonchev–Trinajstić information content (AvgIpc) is 1.42. The van der Waals surface area contributed by atoms with E-state index in [4.69, 9.17) is 86.7 Å². The third-order valence-electron chi connectivity index (χ3n) is 14.9. The number of aliphatic carboxylic acids is 2. The van der Waals surface area contributed by atoms with E-state index in [1.54, 1.807) is 100 Å². The van der Waals surface area contributed by atoms with E-state index in [1.807, 2.05) is 20.8 Å². The minimum Gasteiger partial charge on any atom is -0.481 e. The summed E-state index contributed by atoms with van der Waals surface area (Å²) in [5.41, 5.74) is -7.37. The summed E-state index contributed by atoms with van der Waals surface area (Å²) < 4.78 is 89.0. The topological polar surface area (TPSA) is 492 Å². The Balaban J connectivity index is 0.000000583. The minimum absolute atomic E-state index is 0.00617. The zero-order valence-electron chi connectivity index (χ0n) is 60.2. The molecule has 6 N–H and O–H groups in total. The first-order valence-corrected chi connectivity index (χ1v) is 42.5. The molecule has 36 nitrogen and oxygen atoms in total. The third kappa shape index (κ3) is 36.4. The Kier molecular flexibility index (Phi) is 46.8. The Labute approximate surface area is 644 Å². The normalized spacial score (nSPS) is 19.1. The predicted molar refractivity (Wildman–Crippen MR) is 386 cm³/mol. The molecular weight excluding hydrogens is 1580 g/mol. The first kappa shape index (κ1) is 97.4. The van der Waals surface area contributed by atoms with E-state index < -0.39 is 124 Å². The van der Waals surface area contributed by atoms with Crippen LogP contribution in [-0.2, 0) is 124 Å². The van der Waals surface area contributed by atoms with Gasteiger partial charge in [-0.25, -0.2) is 19.2 Å². The lowest BCUT2D eigenvalue weighted by Crippen LogP contribution is -2.44. The highest BCUT2D eigenvalue weighted by molar-refractivity contribution is 8.78. The first-order chi connectivity index (χ1) is 50.1. The lowest BCUT2D eigenvalue weighted by atomic mass is 9.93. The Morgan fingerprint density at radius 2 is 0.566 bits per heavy atom. The predicted octanol–water partition coefficient (Wildman–Crippen LogP) is 4.67. The number of aliphatic hydroxyl groups excluding tert-OH is 4. The van der Waals surface area contributed by atoms with Gasteiger partial charge >= 0.3 is 72.4 Å². The number of rotatable bonds is 39. The lowest BCUT2D eigenvalue weighted by molar-refractivity contribution is -0.170. The van der Waals surface area contributed by atoms with Gasteiger partial charge in [0.05, 0.1) is 101 Å². The number of hydrogen-bond donors (Lipinski definition) is 6. The van der Waals surface area contributed by atoms with Gasteiger partial charge < -0.3 is 116 Å². The second-order valence-electron chi connectivity index (χ2n) is 25.7. The highest BCUT2D eigenvalue weighted by Gasteiger charge is 2.46. The van der Waals surface area contributed by atoms with Gasteiger partial charge in [0.2, 0.25) is 0 Å². The zero-order valence-corrected chi connectivity index (χ0v) is 66.8. The number of esters is 6. The highest BCUT2D eigenvalue weighted by atomic mass is 33.1. The quantitative estimate of drug-likeness (QED) is 0.0211. The van der Waals surface area contributed by atoms with Crippen molar-refractivity contribution in [2.24, 2.45) is 43.3 Å². The fourth-order valence-corrected chi connectivity index (χ4v) is 20.4. The smallest absolute Gasteiger partial charge is 0.481 e. The summed E-state index contributed by atoms with van der Waals surface area (Å²) in [6.07, 6.45) is -3.78. The largest absolute Gasteiger partial charge is 0.508 e. The molecule has 0 spiro atoms. The van der Waals surface area contributed by atoms with Crippen LogP contribution in [-0.4, -0.2) is 321 Å². The molecule has 0 bridgehead atoms. The number of ether oxygens (including phenoxy) is 18. The van der Waals surface area contributed by atoms with E-state index in [1.165, 1.54) is 20.8 Å². The molecule has 6 fully saturated rings. The maximum Gasteiger partial charge on any atom is 0.508 e. The minimum atomic E-state index is -1.57. The van der Waals surface area contributed by atoms with Gasteiger partial charge in [-0.05, 0) is 55.4 Å². The number of carboxylic acids is 2. The summed E-state index contributed by atoms with van der Waals surface area (Å²) in [6.45, 7) is 11.0. The summed E-state index contributed by atoms with van der Waals surface area (Å²) in [7, 11) is 12.9. The molecule has 0 saturated carbocycles. The molecule has 6 rings (SSSR count). The van der Waals surface area contributed by atoms with Crippen LogP contribution < -0.4 is 0 Å². The highest BCUT2D eigenvalue weighted by Crippen LogP contribution is 2.46. The number of cyclic esters (lactones) is 4. The monoisotopic (exact) mass is 1670 g/mol. The standard InChI is InChI=1S/C32H50O18S4.C13H18O7S2.C6H8O5.C6H14O4.C5H8O2S2/c1-29(15-33,23(35)43-11-13-45-25(37)31(3)19-51-52-20-31)17-49-27(39)47-9-7-41-5-6-42-8-10-48-28(40)50-18-30(2,16-34)24(36)44-12-14-46-26(38)32(4)21-53-54-22-32;1-12(5-19-11(16)20-6-12)9(14)17-3-4-18-10(15)13(2)7-21-22-8-13;1-6(4(7)8)2-10-5(9)11-3-6;7-1-3-9-5-6-10-4-2-8;1-5(4(6)7)2-8-9-3-5/h33-34H,5-22H2,1-4H3;3-8H2,1-2H3;2-3H2,1H3,(H,7,8);7-8H,1-6H2;2-3H2,1H3,(H,6,7). The van der Waals surface area contributed by atoms with E-state index >= 15 is 0 Å². The maximum atomic E-state index is 12.5. The molecule has 44 heteroatoms. The van der Waals surface area contributed by atoms with Crippen LogP contribution in [0.3, 0.4) is 0 Å². The van der Waals surface area contributed by atoms with Crippen LogP contribution in [0.2, 0.25) is 0 Å². The Morgan fingerprint density at radius 1 is 0.330 bits per heavy atom. The van der Waals surface area contributed by atoms with Crippen molar-refractivity contribution < 1.29 is 173 Å².